The first-order chi connectivity index (χ1) is 12.6. The summed E-state index contributed by atoms with van der Waals surface area (Å²) in [6.07, 6.45) is 3.61. The highest BCUT2D eigenvalue weighted by molar-refractivity contribution is 14.0. The van der Waals surface area contributed by atoms with E-state index in [1.54, 1.807) is 6.07 Å². The third-order valence-corrected chi connectivity index (χ3v) is 5.64. The monoisotopic (exact) mass is 491 g/mol. The van der Waals surface area contributed by atoms with Crippen LogP contribution in [0.1, 0.15) is 38.2 Å². The fourth-order valence-electron chi connectivity index (χ4n) is 3.71. The number of rotatable bonds is 8. The molecule has 1 saturated carbocycles. The van der Waals surface area contributed by atoms with Gasteiger partial charge in [0, 0.05) is 37.1 Å². The molecule has 1 aromatic carbocycles. The number of hydrogen-bond acceptors (Lipinski definition) is 3. The molecule has 0 spiro atoms. The van der Waals surface area contributed by atoms with Crippen LogP contribution in [0.4, 0.5) is 4.39 Å². The zero-order valence-electron chi connectivity index (χ0n) is 16.0. The highest BCUT2D eigenvalue weighted by atomic mass is 127. The summed E-state index contributed by atoms with van der Waals surface area (Å²) in [4.78, 5) is 4.74. The standard InChI is InChI=1S/C20H30FN3O2.HI/c1-2-22-18(23-13-19(9-11-25)10-12-26-15-19)24-14-20(7-8-20)16-5-3-4-6-17(16)21;/h3-6,25H,2,7-15H2,1H3,(H2,22,23,24);1H. The zero-order chi connectivity index (χ0) is 18.5. The molecule has 0 amide bonds. The van der Waals surface area contributed by atoms with Gasteiger partial charge in [-0.2, -0.15) is 0 Å². The van der Waals surface area contributed by atoms with Crippen LogP contribution in [0.2, 0.25) is 0 Å². The van der Waals surface area contributed by atoms with Crippen LogP contribution in [0.5, 0.6) is 0 Å². The Bertz CT molecular complexity index is 631. The molecule has 0 aromatic heterocycles. The minimum atomic E-state index is -0.126. The summed E-state index contributed by atoms with van der Waals surface area (Å²) in [7, 11) is 0. The zero-order valence-corrected chi connectivity index (χ0v) is 18.3. The lowest BCUT2D eigenvalue weighted by Crippen LogP contribution is -2.42. The van der Waals surface area contributed by atoms with E-state index in [2.05, 4.69) is 10.6 Å². The van der Waals surface area contributed by atoms with Gasteiger partial charge in [-0.15, -0.1) is 24.0 Å². The van der Waals surface area contributed by atoms with Crippen LogP contribution in [0.3, 0.4) is 0 Å². The molecule has 0 bridgehead atoms. The Balaban J connectivity index is 0.00000261. The molecule has 5 nitrogen and oxygen atoms in total. The predicted molar refractivity (Wildman–Crippen MR) is 116 cm³/mol. The molecule has 1 saturated heterocycles. The Kier molecular flexibility index (Phi) is 8.30. The van der Waals surface area contributed by atoms with Gasteiger partial charge in [-0.05, 0) is 44.2 Å². The van der Waals surface area contributed by atoms with Crippen molar-refractivity contribution in [1.82, 2.24) is 10.6 Å². The third-order valence-electron chi connectivity index (χ3n) is 5.64. The molecule has 1 aliphatic carbocycles. The number of aliphatic imine (C=N–C) groups is 1. The first kappa shape index (κ1) is 22.4. The van der Waals surface area contributed by atoms with Gasteiger partial charge in [-0.3, -0.25) is 4.99 Å². The minimum Gasteiger partial charge on any atom is -0.396 e. The summed E-state index contributed by atoms with van der Waals surface area (Å²) in [5.74, 6) is 0.623. The molecular weight excluding hydrogens is 460 g/mol. The second-order valence-corrected chi connectivity index (χ2v) is 7.59. The topological polar surface area (TPSA) is 65.9 Å². The smallest absolute Gasteiger partial charge is 0.191 e. The van der Waals surface area contributed by atoms with Crippen LogP contribution in [-0.4, -0.2) is 50.5 Å². The number of nitrogens with one attached hydrogen (secondary N) is 2. The molecule has 3 rings (SSSR count). The lowest BCUT2D eigenvalue weighted by Gasteiger charge is -2.25. The third kappa shape index (κ3) is 5.54. The van der Waals surface area contributed by atoms with Crippen molar-refractivity contribution in [1.29, 1.82) is 0 Å². The maximum atomic E-state index is 14.2. The van der Waals surface area contributed by atoms with E-state index in [1.807, 2.05) is 19.1 Å². The largest absolute Gasteiger partial charge is 0.396 e. The van der Waals surface area contributed by atoms with Crippen molar-refractivity contribution < 1.29 is 14.2 Å². The van der Waals surface area contributed by atoms with Crippen LogP contribution in [0, 0.1) is 11.2 Å². The molecule has 1 heterocycles. The van der Waals surface area contributed by atoms with Crippen molar-refractivity contribution in [2.75, 3.05) is 39.5 Å². The number of aliphatic hydroxyl groups is 1. The normalized spacial score (nSPS) is 23.6. The summed E-state index contributed by atoms with van der Waals surface area (Å²) >= 11 is 0. The summed E-state index contributed by atoms with van der Waals surface area (Å²) in [6, 6.07) is 7.06. The van der Waals surface area contributed by atoms with Crippen LogP contribution >= 0.6 is 24.0 Å². The van der Waals surface area contributed by atoms with Gasteiger partial charge in [0.15, 0.2) is 5.96 Å². The van der Waals surface area contributed by atoms with Gasteiger partial charge >= 0.3 is 0 Å². The number of hydrogen-bond donors (Lipinski definition) is 3. The van der Waals surface area contributed by atoms with Gasteiger partial charge in [0.2, 0.25) is 0 Å². The van der Waals surface area contributed by atoms with Gasteiger partial charge in [-0.25, -0.2) is 4.39 Å². The lowest BCUT2D eigenvalue weighted by atomic mass is 9.84. The fraction of sp³-hybridized carbons (Fsp3) is 0.650. The number of guanidine groups is 1. The molecule has 2 aliphatic rings. The van der Waals surface area contributed by atoms with Crippen molar-refractivity contribution in [3.05, 3.63) is 35.6 Å². The summed E-state index contributed by atoms with van der Waals surface area (Å²) < 4.78 is 19.7. The van der Waals surface area contributed by atoms with Gasteiger partial charge < -0.3 is 20.5 Å². The average Bonchev–Trinajstić information content (AvgIpc) is 3.29. The molecule has 1 unspecified atom stereocenters. The molecule has 152 valence electrons. The van der Waals surface area contributed by atoms with E-state index in [9.17, 15) is 9.50 Å². The van der Waals surface area contributed by atoms with Crippen molar-refractivity contribution in [3.8, 4) is 0 Å². The van der Waals surface area contributed by atoms with E-state index in [1.165, 1.54) is 6.07 Å². The molecule has 0 radical (unpaired) electrons. The van der Waals surface area contributed by atoms with Crippen molar-refractivity contribution in [3.63, 3.8) is 0 Å². The fourth-order valence-corrected chi connectivity index (χ4v) is 3.71. The SMILES string of the molecule is CCNC(=NCC1(CCO)CCOC1)NCC1(c2ccccc2F)CC1.I. The average molecular weight is 491 g/mol. The van der Waals surface area contributed by atoms with Gasteiger partial charge in [0.1, 0.15) is 5.82 Å². The Morgan fingerprint density at radius 2 is 2.04 bits per heavy atom. The first-order valence-electron chi connectivity index (χ1n) is 9.59. The van der Waals surface area contributed by atoms with Gasteiger partial charge in [0.25, 0.3) is 0 Å². The Morgan fingerprint density at radius 3 is 2.63 bits per heavy atom. The first-order valence-corrected chi connectivity index (χ1v) is 9.59. The lowest BCUT2D eigenvalue weighted by molar-refractivity contribution is 0.131. The molecule has 7 heteroatoms. The van der Waals surface area contributed by atoms with Crippen molar-refractivity contribution in [2.24, 2.45) is 10.4 Å². The Hall–Kier alpha value is -0.930. The number of benzene rings is 1. The van der Waals surface area contributed by atoms with Crippen LogP contribution in [-0.2, 0) is 10.2 Å². The van der Waals surface area contributed by atoms with E-state index in [4.69, 9.17) is 9.73 Å². The number of aliphatic hydroxyl groups excluding tert-OH is 1. The van der Waals surface area contributed by atoms with Crippen LogP contribution in [0.25, 0.3) is 0 Å². The van der Waals surface area contributed by atoms with Crippen LogP contribution in [0.15, 0.2) is 29.3 Å². The molecule has 2 fully saturated rings. The highest BCUT2D eigenvalue weighted by Gasteiger charge is 2.45. The van der Waals surface area contributed by atoms with E-state index in [0.29, 0.717) is 26.1 Å². The second-order valence-electron chi connectivity index (χ2n) is 7.59. The number of halogens is 2. The van der Waals surface area contributed by atoms with E-state index >= 15 is 0 Å². The number of ether oxygens (including phenoxy) is 1. The Morgan fingerprint density at radius 1 is 1.26 bits per heavy atom. The molecule has 1 atom stereocenters. The van der Waals surface area contributed by atoms with Gasteiger partial charge in [-0.1, -0.05) is 18.2 Å². The van der Waals surface area contributed by atoms with Crippen molar-refractivity contribution in [2.45, 2.75) is 38.0 Å². The maximum absolute atomic E-state index is 14.2. The summed E-state index contributed by atoms with van der Waals surface area (Å²) in [5.41, 5.74) is 0.602. The summed E-state index contributed by atoms with van der Waals surface area (Å²) in [5, 5.41) is 16.0. The second kappa shape index (κ2) is 10.0. The molecule has 1 aliphatic heterocycles. The molecule has 3 N–H and O–H groups in total. The quantitative estimate of drug-likeness (QED) is 0.297. The van der Waals surface area contributed by atoms with E-state index < -0.39 is 0 Å². The molecule has 27 heavy (non-hydrogen) atoms. The summed E-state index contributed by atoms with van der Waals surface area (Å²) in [6.45, 7) is 5.62. The molecule has 1 aromatic rings. The number of nitrogens with zero attached hydrogens (tertiary/aromatic N) is 1. The van der Waals surface area contributed by atoms with Gasteiger partial charge in [0.05, 0.1) is 13.2 Å². The minimum absolute atomic E-state index is 0. The Labute approximate surface area is 178 Å². The predicted octanol–water partition coefficient (Wildman–Crippen LogP) is 2.82. The van der Waals surface area contributed by atoms with Crippen molar-refractivity contribution >= 4 is 29.9 Å². The highest BCUT2D eigenvalue weighted by Crippen LogP contribution is 2.48. The van der Waals surface area contributed by atoms with Crippen LogP contribution < -0.4 is 10.6 Å². The maximum Gasteiger partial charge on any atom is 0.191 e. The van der Waals surface area contributed by atoms with E-state index in [0.717, 1.165) is 43.9 Å². The molecular formula is C20H31FIN3O2. The van der Waals surface area contributed by atoms with E-state index in [-0.39, 0.29) is 47.2 Å².